The van der Waals surface area contributed by atoms with Crippen molar-refractivity contribution in [1.82, 2.24) is 15.5 Å². The molecular weight excluding hydrogens is 382 g/mol. The molecule has 2 N–H and O–H groups in total. The largest absolute Gasteiger partial charge is 0.353 e. The average molecular weight is 400 g/mol. The third kappa shape index (κ3) is 3.89. The highest BCUT2D eigenvalue weighted by Gasteiger charge is 2.40. The number of rotatable bonds is 6. The van der Waals surface area contributed by atoms with E-state index in [9.17, 15) is 19.2 Å². The first kappa shape index (κ1) is 19.6. The van der Waals surface area contributed by atoms with Crippen LogP contribution in [0.1, 0.15) is 38.0 Å². The molecule has 3 rings (SSSR count). The zero-order valence-electron chi connectivity index (χ0n) is 15.1. The van der Waals surface area contributed by atoms with Gasteiger partial charge in [-0.1, -0.05) is 23.7 Å². The third-order valence-electron chi connectivity index (χ3n) is 4.41. The van der Waals surface area contributed by atoms with Gasteiger partial charge in [0, 0.05) is 23.7 Å². The Kier molecular flexibility index (Phi) is 5.75. The fourth-order valence-corrected chi connectivity index (χ4v) is 3.02. The molecule has 0 saturated heterocycles. The summed E-state index contributed by atoms with van der Waals surface area (Å²) in [6, 6.07) is 11.9. The van der Waals surface area contributed by atoms with Gasteiger partial charge >= 0.3 is 0 Å². The summed E-state index contributed by atoms with van der Waals surface area (Å²) >= 11 is 5.78. The number of carbonyl (C=O) groups excluding carboxylic acids is 4. The lowest BCUT2D eigenvalue weighted by atomic mass is 10.1. The van der Waals surface area contributed by atoms with E-state index >= 15 is 0 Å². The number of hydrogen-bond donors (Lipinski definition) is 2. The first-order chi connectivity index (χ1) is 13.4. The van der Waals surface area contributed by atoms with Crippen molar-refractivity contribution in [3.63, 3.8) is 0 Å². The highest BCUT2D eigenvalue weighted by Crippen LogP contribution is 2.24. The van der Waals surface area contributed by atoms with E-state index in [1.807, 2.05) is 0 Å². The van der Waals surface area contributed by atoms with Gasteiger partial charge in [-0.2, -0.15) is 0 Å². The number of nitrogens with one attached hydrogen (secondary N) is 2. The Labute approximate surface area is 166 Å². The minimum absolute atomic E-state index is 0.158. The molecular formula is C20H18ClN3O4. The zero-order chi connectivity index (χ0) is 20.3. The normalized spacial score (nSPS) is 13.9. The number of hydrogen-bond acceptors (Lipinski definition) is 4. The van der Waals surface area contributed by atoms with Crippen LogP contribution in [0.25, 0.3) is 0 Å². The summed E-state index contributed by atoms with van der Waals surface area (Å²) in [6.07, 6.45) is 0. The number of imide groups is 1. The van der Waals surface area contributed by atoms with E-state index in [0.29, 0.717) is 21.7 Å². The molecule has 1 unspecified atom stereocenters. The van der Waals surface area contributed by atoms with Crippen LogP contribution in [-0.4, -0.2) is 47.7 Å². The number of nitrogens with zero attached hydrogens (tertiary/aromatic N) is 1. The van der Waals surface area contributed by atoms with Crippen LogP contribution in [0, 0.1) is 0 Å². The van der Waals surface area contributed by atoms with E-state index in [0.717, 1.165) is 4.90 Å². The number of benzene rings is 2. The van der Waals surface area contributed by atoms with Crippen molar-refractivity contribution < 1.29 is 19.2 Å². The number of amides is 4. The van der Waals surface area contributed by atoms with E-state index in [1.54, 1.807) is 48.5 Å². The van der Waals surface area contributed by atoms with Crippen molar-refractivity contribution >= 4 is 35.2 Å². The Morgan fingerprint density at radius 1 is 0.929 bits per heavy atom. The van der Waals surface area contributed by atoms with Crippen molar-refractivity contribution in [1.29, 1.82) is 0 Å². The van der Waals surface area contributed by atoms with Gasteiger partial charge in [-0.3, -0.25) is 24.1 Å². The van der Waals surface area contributed by atoms with E-state index in [-0.39, 0.29) is 19.0 Å². The third-order valence-corrected chi connectivity index (χ3v) is 4.66. The summed E-state index contributed by atoms with van der Waals surface area (Å²) in [5.74, 6) is -1.74. The Morgan fingerprint density at radius 2 is 1.46 bits per heavy atom. The second-order valence-electron chi connectivity index (χ2n) is 6.26. The molecule has 1 heterocycles. The summed E-state index contributed by atoms with van der Waals surface area (Å²) in [6.45, 7) is 1.84. The molecule has 0 bridgehead atoms. The van der Waals surface area contributed by atoms with Crippen molar-refractivity contribution in [2.75, 3.05) is 13.1 Å². The van der Waals surface area contributed by atoms with Gasteiger partial charge in [0.2, 0.25) is 5.91 Å². The SMILES string of the molecule is CC(C(=O)NCCNC(=O)c1ccc(Cl)cc1)N1C(=O)c2ccccc2C1=O. The molecule has 0 spiro atoms. The summed E-state index contributed by atoms with van der Waals surface area (Å²) in [4.78, 5) is 50.1. The molecule has 1 aliphatic heterocycles. The van der Waals surface area contributed by atoms with Gasteiger partial charge in [-0.25, -0.2) is 0 Å². The minimum atomic E-state index is -0.959. The highest BCUT2D eigenvalue weighted by molar-refractivity contribution is 6.30. The van der Waals surface area contributed by atoms with Gasteiger partial charge in [-0.15, -0.1) is 0 Å². The molecule has 2 aromatic rings. The Bertz CT molecular complexity index is 908. The predicted molar refractivity (Wildman–Crippen MR) is 103 cm³/mol. The van der Waals surface area contributed by atoms with Gasteiger partial charge in [0.15, 0.2) is 0 Å². The van der Waals surface area contributed by atoms with Gasteiger partial charge < -0.3 is 10.6 Å². The molecule has 7 nitrogen and oxygen atoms in total. The van der Waals surface area contributed by atoms with Crippen LogP contribution in [0.15, 0.2) is 48.5 Å². The van der Waals surface area contributed by atoms with Crippen LogP contribution < -0.4 is 10.6 Å². The maximum Gasteiger partial charge on any atom is 0.262 e. The van der Waals surface area contributed by atoms with E-state index in [2.05, 4.69) is 10.6 Å². The topological polar surface area (TPSA) is 95.6 Å². The van der Waals surface area contributed by atoms with Crippen LogP contribution in [0.3, 0.4) is 0 Å². The molecule has 0 aromatic heterocycles. The first-order valence-corrected chi connectivity index (χ1v) is 9.06. The number of carbonyl (C=O) groups is 4. The number of fused-ring (bicyclic) bond motifs is 1. The zero-order valence-corrected chi connectivity index (χ0v) is 15.8. The van der Waals surface area contributed by atoms with Crippen molar-refractivity contribution in [2.45, 2.75) is 13.0 Å². The molecule has 0 aliphatic carbocycles. The van der Waals surface area contributed by atoms with Crippen molar-refractivity contribution in [2.24, 2.45) is 0 Å². The monoisotopic (exact) mass is 399 g/mol. The smallest absolute Gasteiger partial charge is 0.262 e. The molecule has 0 radical (unpaired) electrons. The van der Waals surface area contributed by atoms with Crippen LogP contribution in [-0.2, 0) is 4.79 Å². The van der Waals surface area contributed by atoms with E-state index in [4.69, 9.17) is 11.6 Å². The molecule has 1 aliphatic rings. The van der Waals surface area contributed by atoms with Crippen LogP contribution >= 0.6 is 11.6 Å². The maximum atomic E-state index is 12.4. The van der Waals surface area contributed by atoms with Gasteiger partial charge in [0.05, 0.1) is 11.1 Å². The molecule has 0 saturated carbocycles. The van der Waals surface area contributed by atoms with Gasteiger partial charge in [0.1, 0.15) is 6.04 Å². The Morgan fingerprint density at radius 3 is 2.04 bits per heavy atom. The van der Waals surface area contributed by atoms with E-state index < -0.39 is 23.8 Å². The lowest BCUT2D eigenvalue weighted by Gasteiger charge is -2.21. The van der Waals surface area contributed by atoms with Crippen LogP contribution in [0.5, 0.6) is 0 Å². The van der Waals surface area contributed by atoms with E-state index in [1.165, 1.54) is 6.92 Å². The van der Waals surface area contributed by atoms with Crippen LogP contribution in [0.4, 0.5) is 0 Å². The Hall–Kier alpha value is -3.19. The summed E-state index contributed by atoms with van der Waals surface area (Å²) < 4.78 is 0. The second kappa shape index (κ2) is 8.22. The molecule has 144 valence electrons. The standard InChI is InChI=1S/C20H18ClN3O4/c1-12(24-19(27)15-4-2-3-5-16(15)20(24)28)17(25)22-10-11-23-18(26)13-6-8-14(21)9-7-13/h2-9,12H,10-11H2,1H3,(H,22,25)(H,23,26). The second-order valence-corrected chi connectivity index (χ2v) is 6.69. The minimum Gasteiger partial charge on any atom is -0.353 e. The molecule has 28 heavy (non-hydrogen) atoms. The highest BCUT2D eigenvalue weighted by atomic mass is 35.5. The molecule has 4 amide bonds. The van der Waals surface area contributed by atoms with Gasteiger partial charge in [-0.05, 0) is 43.3 Å². The van der Waals surface area contributed by atoms with Crippen molar-refractivity contribution in [3.8, 4) is 0 Å². The lowest BCUT2D eigenvalue weighted by molar-refractivity contribution is -0.124. The molecule has 1 atom stereocenters. The summed E-state index contributed by atoms with van der Waals surface area (Å²) in [7, 11) is 0. The van der Waals surface area contributed by atoms with Crippen LogP contribution in [0.2, 0.25) is 5.02 Å². The Balaban J connectivity index is 1.50. The lowest BCUT2D eigenvalue weighted by Crippen LogP contribution is -2.49. The molecule has 0 fully saturated rings. The molecule has 2 aromatic carbocycles. The maximum absolute atomic E-state index is 12.4. The summed E-state index contributed by atoms with van der Waals surface area (Å²) in [5.41, 5.74) is 1.04. The number of halogens is 1. The fourth-order valence-electron chi connectivity index (χ4n) is 2.89. The molecule has 8 heteroatoms. The predicted octanol–water partition coefficient (Wildman–Crippen LogP) is 1.87. The summed E-state index contributed by atoms with van der Waals surface area (Å²) in [5, 5.41) is 5.83. The quantitative estimate of drug-likeness (QED) is 0.572. The van der Waals surface area contributed by atoms with Gasteiger partial charge in [0.25, 0.3) is 17.7 Å². The van der Waals surface area contributed by atoms with Crippen molar-refractivity contribution in [3.05, 3.63) is 70.2 Å². The first-order valence-electron chi connectivity index (χ1n) is 8.68. The average Bonchev–Trinajstić information content (AvgIpc) is 2.95. The fraction of sp³-hybridized carbons (Fsp3) is 0.200.